The second kappa shape index (κ2) is 9.74. The van der Waals surface area contributed by atoms with Crippen molar-refractivity contribution in [1.29, 1.82) is 0 Å². The van der Waals surface area contributed by atoms with Crippen molar-refractivity contribution in [2.75, 3.05) is 18.0 Å². The van der Waals surface area contributed by atoms with Crippen LogP contribution in [0.4, 0.5) is 5.82 Å². The van der Waals surface area contributed by atoms with Crippen LogP contribution in [0.1, 0.15) is 18.4 Å². The molecule has 0 unspecified atom stereocenters. The number of rotatable bonds is 5. The lowest BCUT2D eigenvalue weighted by Crippen LogP contribution is -2.50. The van der Waals surface area contributed by atoms with Crippen LogP contribution in [0.25, 0.3) is 28.2 Å². The van der Waals surface area contributed by atoms with Gasteiger partial charge in [-0.2, -0.15) is 0 Å². The number of carbonyl (C=O) groups excluding carboxylic acids is 1. The summed E-state index contributed by atoms with van der Waals surface area (Å²) in [5.41, 5.74) is 9.15. The Bertz CT molecular complexity index is 1630. The third kappa shape index (κ3) is 4.08. The second-order valence-electron chi connectivity index (χ2n) is 9.40. The van der Waals surface area contributed by atoms with Crippen molar-refractivity contribution in [3.8, 4) is 17.1 Å². The number of primary amides is 1. The van der Waals surface area contributed by atoms with Gasteiger partial charge in [-0.15, -0.1) is 0 Å². The maximum Gasteiger partial charge on any atom is 0.228 e. The number of carbonyl (C=O) groups is 1. The first-order chi connectivity index (χ1) is 18.5. The van der Waals surface area contributed by atoms with Crippen LogP contribution in [0.3, 0.4) is 0 Å². The van der Waals surface area contributed by atoms with Crippen LogP contribution in [0, 0.1) is 0 Å². The second-order valence-corrected chi connectivity index (χ2v) is 10.2. The Labute approximate surface area is 229 Å². The van der Waals surface area contributed by atoms with Gasteiger partial charge in [0.15, 0.2) is 17.0 Å². The summed E-state index contributed by atoms with van der Waals surface area (Å²) in [5, 5.41) is 1.22. The lowest BCUT2D eigenvalue weighted by atomic mass is 9.72. The van der Waals surface area contributed by atoms with E-state index in [1.54, 1.807) is 6.33 Å². The minimum absolute atomic E-state index is 0.302. The average Bonchev–Trinajstić information content (AvgIpc) is 3.34. The van der Waals surface area contributed by atoms with E-state index in [-0.39, 0.29) is 5.91 Å². The van der Waals surface area contributed by atoms with Gasteiger partial charge in [-0.25, -0.2) is 15.0 Å². The molecular formula is C29H24Cl2N6O. The fourth-order valence-corrected chi connectivity index (χ4v) is 5.65. The molecule has 2 N–H and O–H groups in total. The van der Waals surface area contributed by atoms with E-state index in [0.717, 1.165) is 16.8 Å². The molecule has 0 saturated carbocycles. The van der Waals surface area contributed by atoms with Crippen molar-refractivity contribution < 1.29 is 4.79 Å². The zero-order valence-corrected chi connectivity index (χ0v) is 21.9. The van der Waals surface area contributed by atoms with Crippen LogP contribution in [0.15, 0.2) is 85.2 Å². The molecule has 1 aliphatic heterocycles. The Hall–Kier alpha value is -3.94. The van der Waals surface area contributed by atoms with Gasteiger partial charge in [0.25, 0.3) is 0 Å². The SMILES string of the molecule is NC(=O)C1(c2ccccc2)CCN(c2ncnc3c2nc(-c2ccccc2Cl)n3-c2ccc(Cl)cc2)CC1. The zero-order valence-electron chi connectivity index (χ0n) is 20.4. The summed E-state index contributed by atoms with van der Waals surface area (Å²) in [6.45, 7) is 1.19. The Kier molecular flexibility index (Phi) is 6.26. The molecule has 3 aromatic carbocycles. The smallest absolute Gasteiger partial charge is 0.228 e. The number of benzene rings is 3. The Morgan fingerprint density at radius 2 is 1.55 bits per heavy atom. The Morgan fingerprint density at radius 1 is 0.868 bits per heavy atom. The van der Waals surface area contributed by atoms with Crippen molar-refractivity contribution in [3.63, 3.8) is 0 Å². The lowest BCUT2D eigenvalue weighted by Gasteiger charge is -2.40. The Balaban J connectivity index is 1.45. The van der Waals surface area contributed by atoms with Gasteiger partial charge in [-0.1, -0.05) is 65.7 Å². The van der Waals surface area contributed by atoms with Gasteiger partial charge in [0.05, 0.1) is 10.4 Å². The molecular weight excluding hydrogens is 519 g/mol. The summed E-state index contributed by atoms with van der Waals surface area (Å²) in [6.07, 6.45) is 2.70. The third-order valence-corrected chi connectivity index (χ3v) is 7.92. The zero-order chi connectivity index (χ0) is 26.3. The topological polar surface area (TPSA) is 89.9 Å². The molecule has 0 spiro atoms. The van der Waals surface area contributed by atoms with Gasteiger partial charge in [-0.3, -0.25) is 9.36 Å². The van der Waals surface area contributed by atoms with Crippen LogP contribution in [-0.2, 0) is 10.2 Å². The molecule has 0 bridgehead atoms. The van der Waals surface area contributed by atoms with Crippen LogP contribution in [-0.4, -0.2) is 38.5 Å². The fraction of sp³-hybridized carbons (Fsp3) is 0.172. The first-order valence-corrected chi connectivity index (χ1v) is 13.1. The molecule has 190 valence electrons. The van der Waals surface area contributed by atoms with E-state index in [4.69, 9.17) is 33.9 Å². The summed E-state index contributed by atoms with van der Waals surface area (Å²) in [4.78, 5) is 29.2. The maximum atomic E-state index is 12.7. The number of hydrogen-bond donors (Lipinski definition) is 1. The van der Waals surface area contributed by atoms with Crippen molar-refractivity contribution in [2.45, 2.75) is 18.3 Å². The maximum absolute atomic E-state index is 12.7. The van der Waals surface area contributed by atoms with Gasteiger partial charge in [-0.05, 0) is 54.8 Å². The molecule has 5 aromatic rings. The van der Waals surface area contributed by atoms with Gasteiger partial charge in [0, 0.05) is 29.4 Å². The number of nitrogens with two attached hydrogens (primary N) is 1. The highest BCUT2D eigenvalue weighted by atomic mass is 35.5. The molecule has 0 atom stereocenters. The predicted molar refractivity (Wildman–Crippen MR) is 151 cm³/mol. The minimum Gasteiger partial charge on any atom is -0.369 e. The largest absolute Gasteiger partial charge is 0.369 e. The molecule has 0 aliphatic carbocycles. The van der Waals surface area contributed by atoms with Crippen LogP contribution in [0.2, 0.25) is 10.0 Å². The third-order valence-electron chi connectivity index (χ3n) is 7.34. The molecule has 38 heavy (non-hydrogen) atoms. The average molecular weight is 543 g/mol. The molecule has 0 radical (unpaired) electrons. The number of piperidine rings is 1. The van der Waals surface area contributed by atoms with E-state index in [1.807, 2.05) is 83.4 Å². The number of nitrogens with zero attached hydrogens (tertiary/aromatic N) is 5. The van der Waals surface area contributed by atoms with E-state index in [9.17, 15) is 4.79 Å². The number of fused-ring (bicyclic) bond motifs is 1. The number of halogens is 2. The minimum atomic E-state index is -0.713. The highest BCUT2D eigenvalue weighted by molar-refractivity contribution is 6.33. The van der Waals surface area contributed by atoms with Crippen LogP contribution < -0.4 is 10.6 Å². The summed E-state index contributed by atoms with van der Waals surface area (Å²) < 4.78 is 1.97. The van der Waals surface area contributed by atoms with E-state index < -0.39 is 5.41 Å². The van der Waals surface area contributed by atoms with E-state index in [1.165, 1.54) is 0 Å². The van der Waals surface area contributed by atoms with E-state index in [2.05, 4.69) is 14.9 Å². The lowest BCUT2D eigenvalue weighted by molar-refractivity contribution is -0.124. The molecule has 1 amide bonds. The highest BCUT2D eigenvalue weighted by Gasteiger charge is 2.42. The number of amides is 1. The highest BCUT2D eigenvalue weighted by Crippen LogP contribution is 2.39. The van der Waals surface area contributed by atoms with Crippen molar-refractivity contribution in [2.24, 2.45) is 5.73 Å². The molecule has 7 nitrogen and oxygen atoms in total. The van der Waals surface area contributed by atoms with Crippen LogP contribution in [0.5, 0.6) is 0 Å². The van der Waals surface area contributed by atoms with Crippen molar-refractivity contribution in [1.82, 2.24) is 19.5 Å². The quantitative estimate of drug-likeness (QED) is 0.302. The van der Waals surface area contributed by atoms with Crippen molar-refractivity contribution >= 4 is 46.1 Å². The van der Waals surface area contributed by atoms with E-state index in [0.29, 0.717) is 58.8 Å². The number of hydrogen-bond acceptors (Lipinski definition) is 5. The molecule has 6 rings (SSSR count). The number of aromatic nitrogens is 4. The fourth-order valence-electron chi connectivity index (χ4n) is 5.30. The molecule has 3 heterocycles. The van der Waals surface area contributed by atoms with Gasteiger partial charge >= 0.3 is 0 Å². The van der Waals surface area contributed by atoms with Gasteiger partial charge in [0.1, 0.15) is 12.2 Å². The van der Waals surface area contributed by atoms with Crippen molar-refractivity contribution in [3.05, 3.63) is 101 Å². The summed E-state index contributed by atoms with van der Waals surface area (Å²) >= 11 is 12.8. The van der Waals surface area contributed by atoms with Crippen LogP contribution >= 0.6 is 23.2 Å². The summed E-state index contributed by atoms with van der Waals surface area (Å²) in [5.74, 6) is 1.06. The van der Waals surface area contributed by atoms with Gasteiger partial charge in [0.2, 0.25) is 5.91 Å². The van der Waals surface area contributed by atoms with E-state index >= 15 is 0 Å². The summed E-state index contributed by atoms with van der Waals surface area (Å²) in [7, 11) is 0. The summed E-state index contributed by atoms with van der Waals surface area (Å²) in [6, 6.07) is 24.9. The number of imidazole rings is 1. The first-order valence-electron chi connectivity index (χ1n) is 12.3. The molecule has 1 saturated heterocycles. The predicted octanol–water partition coefficient (Wildman–Crippen LogP) is 5.81. The molecule has 9 heteroatoms. The first kappa shape index (κ1) is 24.4. The normalized spacial score (nSPS) is 15.1. The number of anilines is 1. The van der Waals surface area contributed by atoms with Gasteiger partial charge < -0.3 is 10.6 Å². The molecule has 1 aliphatic rings. The standard InChI is InChI=1S/C29H24Cl2N6O/c30-20-10-12-21(13-11-20)37-25(22-8-4-5-9-23(22)31)35-24-26(33-18-34-27(24)37)36-16-14-29(15-17-36,28(32)38)19-6-2-1-3-7-19/h1-13,18H,14-17H2,(H2,32,38). The monoisotopic (exact) mass is 542 g/mol. The molecule has 1 fully saturated rings. The Morgan fingerprint density at radius 3 is 2.24 bits per heavy atom. The molecule has 2 aromatic heterocycles.